The Kier molecular flexibility index (Phi) is 3.05. The summed E-state index contributed by atoms with van der Waals surface area (Å²) in [5.41, 5.74) is 7.48. The number of benzene rings is 1. The zero-order valence-corrected chi connectivity index (χ0v) is 16.1. The average Bonchev–Trinajstić information content (AvgIpc) is 3.54. The van der Waals surface area contributed by atoms with Crippen LogP contribution in [-0.2, 0) is 0 Å². The molecule has 4 aliphatic rings. The fraction of sp³-hybridized carbons (Fsp3) is 0.385. The van der Waals surface area contributed by atoms with Gasteiger partial charge in [0.2, 0.25) is 0 Å². The third-order valence-electron chi connectivity index (χ3n) is 7.77. The summed E-state index contributed by atoms with van der Waals surface area (Å²) in [6, 6.07) is 13.3. The van der Waals surface area contributed by atoms with E-state index in [-0.39, 0.29) is 0 Å². The minimum absolute atomic E-state index is 0.729. The van der Waals surface area contributed by atoms with Gasteiger partial charge in [0.25, 0.3) is 0 Å². The van der Waals surface area contributed by atoms with Crippen molar-refractivity contribution >= 4 is 33.0 Å². The molecule has 2 nitrogen and oxygen atoms in total. The summed E-state index contributed by atoms with van der Waals surface area (Å²) >= 11 is 0. The lowest BCUT2D eigenvalue weighted by Gasteiger charge is -2.15. The number of fused-ring (bicyclic) bond motifs is 7. The van der Waals surface area contributed by atoms with Crippen molar-refractivity contribution in [2.24, 2.45) is 23.7 Å². The lowest BCUT2D eigenvalue weighted by Crippen LogP contribution is -2.01. The fourth-order valence-corrected chi connectivity index (χ4v) is 6.36. The summed E-state index contributed by atoms with van der Waals surface area (Å²) in [6.07, 6.45) is 13.1. The van der Waals surface area contributed by atoms with E-state index < -0.39 is 0 Å². The van der Waals surface area contributed by atoms with E-state index in [9.17, 15) is 0 Å². The normalized spacial score (nSPS) is 30.4. The highest BCUT2D eigenvalue weighted by Crippen LogP contribution is 2.48. The van der Waals surface area contributed by atoms with E-state index in [0.717, 1.165) is 34.7 Å². The maximum Gasteiger partial charge on any atom is 0.0972 e. The van der Waals surface area contributed by atoms with Gasteiger partial charge in [-0.1, -0.05) is 36.4 Å². The topological polar surface area (TPSA) is 25.8 Å². The highest BCUT2D eigenvalue weighted by Gasteiger charge is 2.35. The van der Waals surface area contributed by atoms with Crippen LogP contribution in [0, 0.1) is 23.7 Å². The molecule has 0 radical (unpaired) electrons. The van der Waals surface area contributed by atoms with Gasteiger partial charge in [-0.15, -0.1) is 0 Å². The van der Waals surface area contributed by atoms with Crippen molar-refractivity contribution < 1.29 is 0 Å². The number of hydrogen-bond acceptors (Lipinski definition) is 2. The lowest BCUT2D eigenvalue weighted by molar-refractivity contribution is 0.694. The first kappa shape index (κ1) is 15.4. The summed E-state index contributed by atoms with van der Waals surface area (Å²) in [5.74, 6) is 3.04. The summed E-state index contributed by atoms with van der Waals surface area (Å²) < 4.78 is 0. The van der Waals surface area contributed by atoms with Gasteiger partial charge < -0.3 is 0 Å². The monoisotopic (exact) mass is 364 g/mol. The fourth-order valence-electron chi connectivity index (χ4n) is 6.36. The smallest absolute Gasteiger partial charge is 0.0972 e. The third kappa shape index (κ3) is 2.15. The molecular formula is C26H24N2. The van der Waals surface area contributed by atoms with Crippen LogP contribution in [0.5, 0.6) is 0 Å². The number of allylic oxidation sites excluding steroid dienone is 4. The SMILES string of the molecule is C1=C(c2ccc3ccc4ccc(C5=CC6CCC5C6)nc4c3n2)C2CCC1C2. The molecule has 2 saturated carbocycles. The molecule has 4 unspecified atom stereocenters. The van der Waals surface area contributed by atoms with Gasteiger partial charge in [-0.25, -0.2) is 9.97 Å². The Labute approximate surface area is 165 Å². The van der Waals surface area contributed by atoms with E-state index in [1.165, 1.54) is 71.8 Å². The highest BCUT2D eigenvalue weighted by molar-refractivity contribution is 6.03. The second-order valence-corrected chi connectivity index (χ2v) is 9.39. The summed E-state index contributed by atoms with van der Waals surface area (Å²) in [7, 11) is 0. The lowest BCUT2D eigenvalue weighted by atomic mass is 9.94. The van der Waals surface area contributed by atoms with Crippen LogP contribution >= 0.6 is 0 Å². The maximum atomic E-state index is 5.17. The van der Waals surface area contributed by atoms with Gasteiger partial charge >= 0.3 is 0 Å². The van der Waals surface area contributed by atoms with Crippen molar-refractivity contribution in [2.45, 2.75) is 38.5 Å². The summed E-state index contributed by atoms with van der Waals surface area (Å²) in [5, 5.41) is 2.40. The van der Waals surface area contributed by atoms with Crippen molar-refractivity contribution in [3.8, 4) is 0 Å². The molecule has 28 heavy (non-hydrogen) atoms. The Hall–Kier alpha value is -2.48. The predicted octanol–water partition coefficient (Wildman–Crippen LogP) is 6.41. The van der Waals surface area contributed by atoms with Crippen LogP contribution in [0.2, 0.25) is 0 Å². The minimum atomic E-state index is 0.729. The molecule has 2 heteroatoms. The Balaban J connectivity index is 1.41. The number of nitrogens with zero attached hydrogens (tertiary/aromatic N) is 2. The molecule has 0 aliphatic heterocycles. The van der Waals surface area contributed by atoms with Crippen LogP contribution in [0.4, 0.5) is 0 Å². The molecule has 4 aliphatic carbocycles. The van der Waals surface area contributed by atoms with E-state index in [2.05, 4.69) is 48.6 Å². The first-order valence-corrected chi connectivity index (χ1v) is 11.0. The molecule has 2 heterocycles. The van der Waals surface area contributed by atoms with Crippen LogP contribution in [0.3, 0.4) is 0 Å². The molecule has 0 spiro atoms. The van der Waals surface area contributed by atoms with Crippen molar-refractivity contribution in [1.29, 1.82) is 0 Å². The average molecular weight is 364 g/mol. The Morgan fingerprint density at radius 2 is 1.04 bits per heavy atom. The van der Waals surface area contributed by atoms with Crippen molar-refractivity contribution in [3.05, 3.63) is 59.9 Å². The molecule has 138 valence electrons. The maximum absolute atomic E-state index is 5.17. The summed E-state index contributed by atoms with van der Waals surface area (Å²) in [6.45, 7) is 0. The molecular weight excluding hydrogens is 340 g/mol. The van der Waals surface area contributed by atoms with Gasteiger partial charge in [0, 0.05) is 10.8 Å². The van der Waals surface area contributed by atoms with Crippen LogP contribution in [0.15, 0.2) is 48.6 Å². The minimum Gasteiger partial charge on any atom is -0.246 e. The molecule has 2 fully saturated rings. The van der Waals surface area contributed by atoms with E-state index in [1.54, 1.807) is 0 Å². The van der Waals surface area contributed by atoms with Gasteiger partial charge in [-0.05, 0) is 85.5 Å². The van der Waals surface area contributed by atoms with E-state index in [1.807, 2.05) is 0 Å². The quantitative estimate of drug-likeness (QED) is 0.491. The molecule has 3 aromatic rings. The van der Waals surface area contributed by atoms with Crippen LogP contribution in [0.25, 0.3) is 33.0 Å². The first-order chi connectivity index (χ1) is 13.8. The zero-order valence-electron chi connectivity index (χ0n) is 16.1. The highest BCUT2D eigenvalue weighted by atomic mass is 14.8. The van der Waals surface area contributed by atoms with E-state index in [4.69, 9.17) is 9.97 Å². The molecule has 4 atom stereocenters. The van der Waals surface area contributed by atoms with E-state index in [0.29, 0.717) is 0 Å². The number of rotatable bonds is 2. The standard InChI is InChI=1S/C26H24N2/c1-3-19-11-15(1)13-21(19)23-9-7-17-5-6-18-8-10-24(28-26(18)25(17)27-23)22-14-16-2-4-20(22)12-16/h5-10,13-16,19-20H,1-4,11-12H2. The van der Waals surface area contributed by atoms with Gasteiger partial charge in [-0.2, -0.15) is 0 Å². The number of aromatic nitrogens is 2. The second kappa shape index (κ2) is 5.53. The van der Waals surface area contributed by atoms with Gasteiger partial charge in [-0.3, -0.25) is 0 Å². The Bertz CT molecular complexity index is 1110. The molecule has 1 aromatic carbocycles. The van der Waals surface area contributed by atoms with Crippen molar-refractivity contribution in [1.82, 2.24) is 9.97 Å². The molecule has 7 rings (SSSR count). The van der Waals surface area contributed by atoms with Gasteiger partial charge in [0.1, 0.15) is 0 Å². The summed E-state index contributed by atoms with van der Waals surface area (Å²) in [4.78, 5) is 10.3. The second-order valence-electron chi connectivity index (χ2n) is 9.39. The van der Waals surface area contributed by atoms with Crippen molar-refractivity contribution in [3.63, 3.8) is 0 Å². The van der Waals surface area contributed by atoms with E-state index >= 15 is 0 Å². The zero-order chi connectivity index (χ0) is 18.2. The van der Waals surface area contributed by atoms with Crippen LogP contribution in [-0.4, -0.2) is 9.97 Å². The molecule has 0 amide bonds. The predicted molar refractivity (Wildman–Crippen MR) is 115 cm³/mol. The van der Waals surface area contributed by atoms with Crippen LogP contribution in [0.1, 0.15) is 49.9 Å². The number of pyridine rings is 2. The largest absolute Gasteiger partial charge is 0.246 e. The van der Waals surface area contributed by atoms with Gasteiger partial charge in [0.15, 0.2) is 0 Å². The van der Waals surface area contributed by atoms with Gasteiger partial charge in [0.05, 0.1) is 22.4 Å². The van der Waals surface area contributed by atoms with Crippen molar-refractivity contribution in [2.75, 3.05) is 0 Å². The Morgan fingerprint density at radius 1 is 0.571 bits per heavy atom. The molecule has 0 saturated heterocycles. The molecule has 2 aromatic heterocycles. The Morgan fingerprint density at radius 3 is 1.43 bits per heavy atom. The number of hydrogen-bond donors (Lipinski definition) is 0. The third-order valence-corrected chi connectivity index (χ3v) is 7.77. The molecule has 0 N–H and O–H groups in total. The van der Waals surface area contributed by atoms with Crippen LogP contribution < -0.4 is 0 Å². The first-order valence-electron chi connectivity index (χ1n) is 11.0. The molecule has 4 bridgehead atoms.